The molecule has 0 heterocycles. The molecule has 0 saturated carbocycles. The largest absolute Gasteiger partial charge is 0.460 e. The monoisotopic (exact) mass is 414 g/mol. The number of hydrogen-bond acceptors (Lipinski definition) is 3. The molecule has 0 bridgehead atoms. The van der Waals surface area contributed by atoms with Gasteiger partial charge in [-0.3, -0.25) is 0 Å². The first-order valence-electron chi connectivity index (χ1n) is 6.11. The number of hydrogen-bond donors (Lipinski definition) is 0. The first kappa shape index (κ1) is 23.5. The Kier molecular flexibility index (Phi) is 5.64. The SMILES string of the molecule is CC(C)(C)[Si](C)(C)OS(=O)(=O)C(F)(F)C(F)(F)C(F)(F)C(F)(F)F. The summed E-state index contributed by atoms with van der Waals surface area (Å²) < 4.78 is 142. The van der Waals surface area contributed by atoms with E-state index in [0.29, 0.717) is 0 Å². The molecule has 0 rings (SSSR count). The Hall–Kier alpha value is -0.503. The summed E-state index contributed by atoms with van der Waals surface area (Å²) in [7, 11) is -10.6. The average Bonchev–Trinajstić information content (AvgIpc) is 2.23. The number of halogens is 9. The van der Waals surface area contributed by atoms with Crippen molar-refractivity contribution in [2.45, 2.75) is 62.2 Å². The molecule has 0 fully saturated rings. The van der Waals surface area contributed by atoms with Gasteiger partial charge in [-0.25, -0.2) is 0 Å². The predicted octanol–water partition coefficient (Wildman–Crippen LogP) is 4.76. The fraction of sp³-hybridized carbons (Fsp3) is 1.00. The number of rotatable bonds is 5. The minimum atomic E-state index is -7.30. The van der Waals surface area contributed by atoms with Crippen LogP contribution in [0.1, 0.15) is 20.8 Å². The Bertz CT molecular complexity index is 575. The molecular formula is C10H15F9O3SSi. The van der Waals surface area contributed by atoms with E-state index in [2.05, 4.69) is 3.87 Å². The Balaban J connectivity index is 6.15. The summed E-state index contributed by atoms with van der Waals surface area (Å²) in [6.07, 6.45) is -7.10. The van der Waals surface area contributed by atoms with Gasteiger partial charge in [-0.2, -0.15) is 47.9 Å². The van der Waals surface area contributed by atoms with Gasteiger partial charge >= 0.3 is 33.4 Å². The first-order valence-corrected chi connectivity index (χ1v) is 10.4. The van der Waals surface area contributed by atoms with Crippen LogP contribution >= 0.6 is 0 Å². The molecule has 24 heavy (non-hydrogen) atoms. The van der Waals surface area contributed by atoms with Crippen molar-refractivity contribution in [3.05, 3.63) is 0 Å². The van der Waals surface area contributed by atoms with E-state index in [9.17, 15) is 47.9 Å². The topological polar surface area (TPSA) is 43.4 Å². The molecule has 0 aromatic heterocycles. The summed E-state index contributed by atoms with van der Waals surface area (Å²) in [6, 6.07) is 0. The van der Waals surface area contributed by atoms with Crippen LogP contribution in [0.2, 0.25) is 18.1 Å². The van der Waals surface area contributed by atoms with Gasteiger partial charge in [0.05, 0.1) is 0 Å². The van der Waals surface area contributed by atoms with E-state index in [1.165, 1.54) is 20.8 Å². The molecule has 14 heteroatoms. The van der Waals surface area contributed by atoms with Crippen LogP contribution in [0.4, 0.5) is 39.5 Å². The van der Waals surface area contributed by atoms with E-state index in [1.54, 1.807) is 0 Å². The van der Waals surface area contributed by atoms with Crippen LogP contribution in [0.25, 0.3) is 0 Å². The lowest BCUT2D eigenvalue weighted by Gasteiger charge is -2.38. The first-order chi connectivity index (χ1) is 9.96. The van der Waals surface area contributed by atoms with E-state index >= 15 is 0 Å². The summed E-state index contributed by atoms with van der Waals surface area (Å²) in [5.74, 6) is -14.6. The van der Waals surface area contributed by atoms with Gasteiger partial charge in [0.2, 0.25) is 8.32 Å². The quantitative estimate of drug-likeness (QED) is 0.481. The normalized spacial score (nSPS) is 16.4. The zero-order valence-corrected chi connectivity index (χ0v) is 14.9. The molecule has 0 atom stereocenters. The predicted molar refractivity (Wildman–Crippen MR) is 68.1 cm³/mol. The van der Waals surface area contributed by atoms with Crippen LogP contribution in [-0.2, 0) is 14.0 Å². The highest BCUT2D eigenvalue weighted by Gasteiger charge is 2.86. The minimum Gasteiger partial charge on any atom is -0.310 e. The second-order valence-electron chi connectivity index (χ2n) is 6.46. The molecule has 0 unspecified atom stereocenters. The van der Waals surface area contributed by atoms with Gasteiger partial charge < -0.3 is 3.87 Å². The molecule has 0 aliphatic rings. The van der Waals surface area contributed by atoms with Crippen molar-refractivity contribution in [1.82, 2.24) is 0 Å². The highest BCUT2D eigenvalue weighted by Crippen LogP contribution is 2.55. The van der Waals surface area contributed by atoms with Gasteiger partial charge in [0.1, 0.15) is 0 Å². The van der Waals surface area contributed by atoms with Crippen molar-refractivity contribution < 1.29 is 51.8 Å². The average molecular weight is 414 g/mol. The lowest BCUT2D eigenvalue weighted by molar-refractivity contribution is -0.382. The number of alkyl halides is 9. The van der Waals surface area contributed by atoms with Crippen molar-refractivity contribution in [2.24, 2.45) is 0 Å². The molecule has 0 spiro atoms. The fourth-order valence-corrected chi connectivity index (χ4v) is 5.02. The van der Waals surface area contributed by atoms with E-state index in [0.717, 1.165) is 13.1 Å². The van der Waals surface area contributed by atoms with Crippen LogP contribution in [0.3, 0.4) is 0 Å². The second-order valence-corrected chi connectivity index (χ2v) is 13.1. The maximum atomic E-state index is 13.5. The molecule has 0 N–H and O–H groups in total. The summed E-state index contributed by atoms with van der Waals surface area (Å²) >= 11 is 0. The molecule has 0 amide bonds. The summed E-state index contributed by atoms with van der Waals surface area (Å²) in [6.45, 7) is 5.90. The zero-order valence-electron chi connectivity index (χ0n) is 13.0. The minimum absolute atomic E-state index is 1.00. The van der Waals surface area contributed by atoms with Crippen LogP contribution in [-0.4, -0.2) is 40.0 Å². The molecule has 3 nitrogen and oxygen atoms in total. The third kappa shape index (κ3) is 3.54. The molecule has 146 valence electrons. The third-order valence-electron chi connectivity index (χ3n) is 3.55. The van der Waals surface area contributed by atoms with Gasteiger partial charge in [-0.05, 0) is 18.1 Å². The van der Waals surface area contributed by atoms with Gasteiger partial charge in [-0.15, -0.1) is 0 Å². The second kappa shape index (κ2) is 5.76. The molecular weight excluding hydrogens is 399 g/mol. The maximum Gasteiger partial charge on any atom is 0.460 e. The van der Waals surface area contributed by atoms with E-state index in [1.807, 2.05) is 0 Å². The fourth-order valence-electron chi connectivity index (χ4n) is 0.969. The van der Waals surface area contributed by atoms with Crippen molar-refractivity contribution >= 4 is 18.4 Å². The van der Waals surface area contributed by atoms with Gasteiger partial charge in [0, 0.05) is 0 Å². The van der Waals surface area contributed by atoms with Crippen LogP contribution in [0, 0.1) is 0 Å². The zero-order chi connectivity index (χ0) is 20.2. The molecule has 0 aliphatic heterocycles. The molecule has 0 aromatic rings. The lowest BCUT2D eigenvalue weighted by Crippen LogP contribution is -2.64. The summed E-state index contributed by atoms with van der Waals surface area (Å²) in [5.41, 5.74) is 0. The molecule has 0 radical (unpaired) electrons. The van der Waals surface area contributed by atoms with Crippen molar-refractivity contribution in [2.75, 3.05) is 0 Å². The Morgan fingerprint density at radius 1 is 0.750 bits per heavy atom. The van der Waals surface area contributed by atoms with Gasteiger partial charge in [-0.1, -0.05) is 20.8 Å². The highest BCUT2D eigenvalue weighted by atomic mass is 32.2. The van der Waals surface area contributed by atoms with E-state index in [4.69, 9.17) is 0 Å². The third-order valence-corrected chi connectivity index (χ3v) is 10.6. The van der Waals surface area contributed by atoms with Gasteiger partial charge in [0.25, 0.3) is 0 Å². The maximum absolute atomic E-state index is 13.5. The standard InChI is InChI=1S/C10H15F9O3SSi/c1-6(2,3)24(4,5)22-23(20,21)10(18,19)8(13,14)7(11,12)9(15,16)17/h1-5H3. The molecule has 0 aromatic carbocycles. The lowest BCUT2D eigenvalue weighted by atomic mass is 10.1. The Labute approximate surface area is 133 Å². The van der Waals surface area contributed by atoms with Crippen molar-refractivity contribution in [3.63, 3.8) is 0 Å². The van der Waals surface area contributed by atoms with Crippen LogP contribution in [0.15, 0.2) is 0 Å². The van der Waals surface area contributed by atoms with Crippen molar-refractivity contribution in [1.29, 1.82) is 0 Å². The summed E-state index contributed by atoms with van der Waals surface area (Å²) in [5, 5.41) is -7.95. The molecule has 0 aliphatic carbocycles. The van der Waals surface area contributed by atoms with Crippen molar-refractivity contribution in [3.8, 4) is 0 Å². The van der Waals surface area contributed by atoms with E-state index in [-0.39, 0.29) is 0 Å². The smallest absolute Gasteiger partial charge is 0.310 e. The van der Waals surface area contributed by atoms with E-state index < -0.39 is 46.7 Å². The Morgan fingerprint density at radius 2 is 1.08 bits per heavy atom. The molecule has 0 saturated heterocycles. The van der Waals surface area contributed by atoms with Gasteiger partial charge in [0.15, 0.2) is 0 Å². The Morgan fingerprint density at radius 3 is 1.33 bits per heavy atom. The highest BCUT2D eigenvalue weighted by molar-refractivity contribution is 7.89. The van der Waals surface area contributed by atoms with Crippen LogP contribution in [0.5, 0.6) is 0 Å². The van der Waals surface area contributed by atoms with Crippen LogP contribution < -0.4 is 0 Å². The summed E-state index contributed by atoms with van der Waals surface area (Å²) in [4.78, 5) is 0.